The molecule has 1 aromatic heterocycles. The summed E-state index contributed by atoms with van der Waals surface area (Å²) in [4.78, 5) is 10.8. The first-order chi connectivity index (χ1) is 15.5. The summed E-state index contributed by atoms with van der Waals surface area (Å²) in [6, 6.07) is 17.0. The van der Waals surface area contributed by atoms with Crippen LogP contribution in [0.1, 0.15) is 41.5 Å². The number of aromatic nitrogens is 2. The highest BCUT2D eigenvalue weighted by molar-refractivity contribution is 9.10. The smallest absolute Gasteiger partial charge is 0.159 e. The average Bonchev–Trinajstić information content (AvgIpc) is 2.72. The molecule has 0 fully saturated rings. The van der Waals surface area contributed by atoms with E-state index in [2.05, 4.69) is 148 Å². The zero-order chi connectivity index (χ0) is 25.7. The Morgan fingerprint density at radius 1 is 0.588 bits per heavy atom. The molecule has 0 bridgehead atoms. The number of rotatable bonds is 4. The van der Waals surface area contributed by atoms with E-state index in [1.165, 1.54) is 16.1 Å². The van der Waals surface area contributed by atoms with Crippen LogP contribution in [0.2, 0.25) is 36.3 Å². The fraction of sp³-hybridized carbons (Fsp3) is 0.429. The molecular formula is C28H38Br2N2Si2. The number of nitrogens with zero attached hydrogens (tertiary/aromatic N) is 2. The van der Waals surface area contributed by atoms with Gasteiger partial charge in [-0.3, -0.25) is 0 Å². The predicted octanol–water partition coefficient (Wildman–Crippen LogP) is 8.77. The lowest BCUT2D eigenvalue weighted by Gasteiger charge is -2.44. The highest BCUT2D eigenvalue weighted by Gasteiger charge is 2.47. The summed E-state index contributed by atoms with van der Waals surface area (Å²) in [7, 11) is -4.00. The Kier molecular flexibility index (Phi) is 7.62. The van der Waals surface area contributed by atoms with Crippen molar-refractivity contribution in [3.8, 4) is 22.6 Å². The molecular weight excluding hydrogens is 580 g/mol. The monoisotopic (exact) mass is 616 g/mol. The van der Waals surface area contributed by atoms with E-state index in [0.717, 1.165) is 26.0 Å². The molecule has 0 spiro atoms. The van der Waals surface area contributed by atoms with Crippen LogP contribution in [-0.4, -0.2) is 26.1 Å². The standard InChI is InChI=1S/C28H38Br2N2Si2/c1-27(2,3)33(7,8)24-23(19-11-15-21(29)16-12-19)31-25(20-13-17-22(30)18-14-20)32-26(24)34(9,10)28(4,5)6/h11-18H,1-10H3. The third kappa shape index (κ3) is 5.20. The summed E-state index contributed by atoms with van der Waals surface area (Å²) in [5.41, 5.74) is 3.35. The lowest BCUT2D eigenvalue weighted by molar-refractivity contribution is 0.724. The van der Waals surface area contributed by atoms with E-state index < -0.39 is 16.1 Å². The third-order valence-corrected chi connectivity index (χ3v) is 20.2. The van der Waals surface area contributed by atoms with Crippen molar-refractivity contribution in [3.05, 3.63) is 57.5 Å². The minimum absolute atomic E-state index is 0.159. The van der Waals surface area contributed by atoms with Crippen molar-refractivity contribution in [2.75, 3.05) is 0 Å². The highest BCUT2D eigenvalue weighted by atomic mass is 79.9. The predicted molar refractivity (Wildman–Crippen MR) is 162 cm³/mol. The zero-order valence-electron chi connectivity index (χ0n) is 22.3. The molecule has 6 heteroatoms. The van der Waals surface area contributed by atoms with Gasteiger partial charge in [0.2, 0.25) is 0 Å². The maximum atomic E-state index is 5.46. The molecule has 0 aliphatic rings. The maximum absolute atomic E-state index is 5.46. The van der Waals surface area contributed by atoms with Crippen LogP contribution in [0.5, 0.6) is 0 Å². The van der Waals surface area contributed by atoms with Crippen molar-refractivity contribution in [3.63, 3.8) is 0 Å². The zero-order valence-corrected chi connectivity index (χ0v) is 27.4. The van der Waals surface area contributed by atoms with E-state index in [1.807, 2.05) is 0 Å². The number of benzene rings is 2. The second-order valence-corrected chi connectivity index (χ2v) is 24.7. The van der Waals surface area contributed by atoms with Crippen LogP contribution < -0.4 is 10.5 Å². The molecule has 0 unspecified atom stereocenters. The van der Waals surface area contributed by atoms with Crippen molar-refractivity contribution >= 4 is 58.5 Å². The molecule has 3 aromatic rings. The average molecular weight is 619 g/mol. The minimum Gasteiger partial charge on any atom is -0.238 e. The number of halogens is 2. The Balaban J connectivity index is 2.52. The van der Waals surface area contributed by atoms with Crippen LogP contribution in [0.3, 0.4) is 0 Å². The molecule has 0 N–H and O–H groups in total. The van der Waals surface area contributed by atoms with Gasteiger partial charge in [0.15, 0.2) is 5.82 Å². The second kappa shape index (κ2) is 9.42. The molecule has 0 radical (unpaired) electrons. The fourth-order valence-corrected chi connectivity index (χ4v) is 10.2. The van der Waals surface area contributed by atoms with Crippen LogP contribution in [0, 0.1) is 0 Å². The van der Waals surface area contributed by atoms with Gasteiger partial charge in [-0.2, -0.15) is 0 Å². The Morgan fingerprint density at radius 3 is 1.41 bits per heavy atom. The first-order valence-electron chi connectivity index (χ1n) is 11.9. The summed E-state index contributed by atoms with van der Waals surface area (Å²) in [6.07, 6.45) is 0. The lowest BCUT2D eigenvalue weighted by Crippen LogP contribution is -2.66. The van der Waals surface area contributed by atoms with E-state index in [-0.39, 0.29) is 10.1 Å². The SMILES string of the molecule is CC(C)(C)[Si](C)(C)c1nc(-c2ccc(Br)cc2)nc(-c2ccc(Br)cc2)c1[Si](C)(C)C(C)(C)C. The fourth-order valence-electron chi connectivity index (χ4n) is 3.78. The van der Waals surface area contributed by atoms with E-state index >= 15 is 0 Å². The Morgan fingerprint density at radius 2 is 1.00 bits per heavy atom. The van der Waals surface area contributed by atoms with Crippen LogP contribution in [0.15, 0.2) is 57.5 Å². The first kappa shape index (κ1) is 27.5. The lowest BCUT2D eigenvalue weighted by atomic mass is 10.1. The molecule has 182 valence electrons. The Bertz CT molecular complexity index is 1170. The van der Waals surface area contributed by atoms with Gasteiger partial charge in [0.25, 0.3) is 0 Å². The van der Waals surface area contributed by atoms with Gasteiger partial charge in [-0.1, -0.05) is 124 Å². The molecule has 0 aliphatic carbocycles. The summed E-state index contributed by atoms with van der Waals surface area (Å²) < 4.78 is 2.14. The van der Waals surface area contributed by atoms with Crippen LogP contribution in [0.4, 0.5) is 0 Å². The summed E-state index contributed by atoms with van der Waals surface area (Å²) in [5, 5.41) is 3.09. The van der Waals surface area contributed by atoms with E-state index in [9.17, 15) is 0 Å². The molecule has 0 saturated carbocycles. The molecule has 0 aliphatic heterocycles. The van der Waals surface area contributed by atoms with E-state index in [4.69, 9.17) is 9.97 Å². The molecule has 2 aromatic carbocycles. The summed E-state index contributed by atoms with van der Waals surface area (Å²) in [5.74, 6) is 0.827. The normalized spacial score (nSPS) is 13.3. The van der Waals surface area contributed by atoms with E-state index in [0.29, 0.717) is 0 Å². The van der Waals surface area contributed by atoms with Crippen molar-refractivity contribution in [2.45, 2.75) is 77.8 Å². The minimum atomic E-state index is -2.00. The van der Waals surface area contributed by atoms with Gasteiger partial charge in [0.1, 0.15) is 8.07 Å². The Labute approximate surface area is 225 Å². The molecule has 0 saturated heterocycles. The van der Waals surface area contributed by atoms with Crippen LogP contribution in [-0.2, 0) is 0 Å². The van der Waals surface area contributed by atoms with Crippen LogP contribution in [0.25, 0.3) is 22.6 Å². The maximum Gasteiger partial charge on any atom is 0.159 e. The molecule has 0 atom stereocenters. The van der Waals surface area contributed by atoms with Crippen molar-refractivity contribution in [1.82, 2.24) is 9.97 Å². The molecule has 2 nitrogen and oxygen atoms in total. The molecule has 0 amide bonds. The topological polar surface area (TPSA) is 25.8 Å². The molecule has 3 rings (SSSR count). The summed E-state index contributed by atoms with van der Waals surface area (Å²) in [6.45, 7) is 24.3. The third-order valence-electron chi connectivity index (χ3n) is 8.10. The van der Waals surface area contributed by atoms with Crippen molar-refractivity contribution in [2.24, 2.45) is 0 Å². The molecule has 34 heavy (non-hydrogen) atoms. The largest absolute Gasteiger partial charge is 0.238 e. The summed E-state index contributed by atoms with van der Waals surface area (Å²) >= 11 is 7.19. The number of hydrogen-bond acceptors (Lipinski definition) is 2. The quantitative estimate of drug-likeness (QED) is 0.273. The van der Waals surface area contributed by atoms with Gasteiger partial charge in [-0.15, -0.1) is 0 Å². The number of hydrogen-bond donors (Lipinski definition) is 0. The van der Waals surface area contributed by atoms with Gasteiger partial charge in [0, 0.05) is 25.4 Å². The van der Waals surface area contributed by atoms with Gasteiger partial charge in [-0.05, 0) is 39.5 Å². The van der Waals surface area contributed by atoms with Gasteiger partial charge in [-0.25, -0.2) is 9.97 Å². The van der Waals surface area contributed by atoms with Gasteiger partial charge in [0.05, 0.1) is 13.8 Å². The van der Waals surface area contributed by atoms with Crippen molar-refractivity contribution in [1.29, 1.82) is 0 Å². The van der Waals surface area contributed by atoms with Gasteiger partial charge >= 0.3 is 0 Å². The highest BCUT2D eigenvalue weighted by Crippen LogP contribution is 2.40. The van der Waals surface area contributed by atoms with E-state index in [1.54, 1.807) is 0 Å². The van der Waals surface area contributed by atoms with Crippen molar-refractivity contribution < 1.29 is 0 Å². The first-order valence-corrected chi connectivity index (χ1v) is 19.5. The van der Waals surface area contributed by atoms with Gasteiger partial charge < -0.3 is 0 Å². The Hall–Kier alpha value is -1.09. The van der Waals surface area contributed by atoms with Crippen LogP contribution >= 0.6 is 31.9 Å². The second-order valence-electron chi connectivity index (χ2n) is 12.4. The molecule has 1 heterocycles.